The molecule has 0 unspecified atom stereocenters. The third kappa shape index (κ3) is 2.31. The quantitative estimate of drug-likeness (QED) is 0.787. The number of carbonyl (C=O) groups is 1. The van der Waals surface area contributed by atoms with Crippen LogP contribution in [0.15, 0.2) is 42.2 Å². The zero-order valence-corrected chi connectivity index (χ0v) is 12.1. The van der Waals surface area contributed by atoms with Crippen LogP contribution in [0.3, 0.4) is 0 Å². The Morgan fingerprint density at radius 1 is 1.23 bits per heavy atom. The molecule has 0 saturated carbocycles. The number of hydrogen-bond donors (Lipinski definition) is 1. The summed E-state index contributed by atoms with van der Waals surface area (Å²) in [5.74, 6) is 0.524. The van der Waals surface area contributed by atoms with Gasteiger partial charge in [0.15, 0.2) is 6.61 Å². The Morgan fingerprint density at radius 2 is 2.18 bits per heavy atom. The molecule has 0 bridgehead atoms. The second-order valence-corrected chi connectivity index (χ2v) is 5.53. The molecule has 1 N–H and O–H groups in total. The molecule has 6 nitrogen and oxygen atoms in total. The number of thiazole rings is 1. The summed E-state index contributed by atoms with van der Waals surface area (Å²) in [6.45, 7) is 0.0554. The molecule has 1 aliphatic rings. The molecule has 3 aromatic rings. The number of benzene rings is 1. The highest BCUT2D eigenvalue weighted by molar-refractivity contribution is 7.13. The minimum atomic E-state index is -0.150. The Morgan fingerprint density at radius 3 is 3.05 bits per heavy atom. The molecule has 1 amide bonds. The molecule has 1 aromatic carbocycles. The first-order valence-electron chi connectivity index (χ1n) is 6.58. The van der Waals surface area contributed by atoms with Crippen LogP contribution in [0.1, 0.15) is 0 Å². The van der Waals surface area contributed by atoms with Gasteiger partial charge >= 0.3 is 0 Å². The number of rotatable bonds is 2. The van der Waals surface area contributed by atoms with Crippen molar-refractivity contribution in [3.8, 4) is 27.7 Å². The Bertz CT molecular complexity index is 848. The van der Waals surface area contributed by atoms with Crippen molar-refractivity contribution >= 4 is 22.9 Å². The predicted molar refractivity (Wildman–Crippen MR) is 82.7 cm³/mol. The van der Waals surface area contributed by atoms with E-state index in [4.69, 9.17) is 4.74 Å². The summed E-state index contributed by atoms with van der Waals surface area (Å²) in [6, 6.07) is 5.62. The van der Waals surface area contributed by atoms with Crippen molar-refractivity contribution in [1.29, 1.82) is 0 Å². The van der Waals surface area contributed by atoms with Gasteiger partial charge in [-0.2, -0.15) is 0 Å². The maximum Gasteiger partial charge on any atom is 0.262 e. The Hall–Kier alpha value is -2.80. The van der Waals surface area contributed by atoms with Gasteiger partial charge in [-0.1, -0.05) is 0 Å². The molecule has 108 valence electrons. The first-order chi connectivity index (χ1) is 10.8. The molecule has 2 aromatic heterocycles. The normalized spacial score (nSPS) is 13.2. The fourth-order valence-corrected chi connectivity index (χ4v) is 2.97. The van der Waals surface area contributed by atoms with E-state index in [1.807, 2.05) is 23.6 Å². The average molecular weight is 310 g/mol. The van der Waals surface area contributed by atoms with E-state index in [9.17, 15) is 4.79 Å². The average Bonchev–Trinajstić information content (AvgIpc) is 3.05. The van der Waals surface area contributed by atoms with Gasteiger partial charge < -0.3 is 10.1 Å². The lowest BCUT2D eigenvalue weighted by Crippen LogP contribution is -2.25. The van der Waals surface area contributed by atoms with Crippen LogP contribution < -0.4 is 10.1 Å². The highest BCUT2D eigenvalue weighted by Crippen LogP contribution is 2.34. The summed E-state index contributed by atoms with van der Waals surface area (Å²) in [6.07, 6.45) is 4.95. The van der Waals surface area contributed by atoms with Crippen molar-refractivity contribution in [2.45, 2.75) is 0 Å². The van der Waals surface area contributed by atoms with E-state index >= 15 is 0 Å². The second kappa shape index (κ2) is 5.19. The van der Waals surface area contributed by atoms with Crippen LogP contribution in [-0.4, -0.2) is 27.5 Å². The molecular weight excluding hydrogens is 300 g/mol. The number of aromatic nitrogens is 3. The van der Waals surface area contributed by atoms with Gasteiger partial charge in [0, 0.05) is 23.3 Å². The zero-order valence-electron chi connectivity index (χ0n) is 11.3. The smallest absolute Gasteiger partial charge is 0.262 e. The van der Waals surface area contributed by atoms with Crippen LogP contribution in [0, 0.1) is 0 Å². The summed E-state index contributed by atoms with van der Waals surface area (Å²) in [5, 5.41) is 5.56. The van der Waals surface area contributed by atoms with Gasteiger partial charge in [-0.15, -0.1) is 11.3 Å². The van der Waals surface area contributed by atoms with Crippen LogP contribution in [0.5, 0.6) is 5.75 Å². The molecule has 0 radical (unpaired) electrons. The lowest BCUT2D eigenvalue weighted by molar-refractivity contribution is -0.118. The molecule has 0 spiro atoms. The van der Waals surface area contributed by atoms with E-state index in [-0.39, 0.29) is 12.5 Å². The maximum absolute atomic E-state index is 11.4. The second-order valence-electron chi connectivity index (χ2n) is 4.68. The first-order valence-corrected chi connectivity index (χ1v) is 7.46. The number of fused-ring (bicyclic) bond motifs is 1. The largest absolute Gasteiger partial charge is 0.482 e. The van der Waals surface area contributed by atoms with Crippen molar-refractivity contribution in [2.24, 2.45) is 0 Å². The number of nitrogens with one attached hydrogen (secondary N) is 1. The molecule has 4 rings (SSSR count). The molecular formula is C15H10N4O2S. The highest BCUT2D eigenvalue weighted by Gasteiger charge is 2.17. The van der Waals surface area contributed by atoms with Crippen molar-refractivity contribution in [3.63, 3.8) is 0 Å². The molecule has 22 heavy (non-hydrogen) atoms. The third-order valence-electron chi connectivity index (χ3n) is 3.19. The van der Waals surface area contributed by atoms with Crippen LogP contribution in [-0.2, 0) is 4.79 Å². The third-order valence-corrected chi connectivity index (χ3v) is 4.06. The monoisotopic (exact) mass is 310 g/mol. The zero-order chi connectivity index (χ0) is 14.9. The fraction of sp³-hybridized carbons (Fsp3) is 0.0667. The number of anilines is 1. The predicted octanol–water partition coefficient (Wildman–Crippen LogP) is 2.60. The molecule has 0 atom stereocenters. The molecule has 0 aliphatic carbocycles. The lowest BCUT2D eigenvalue weighted by Gasteiger charge is -2.18. The molecule has 3 heterocycles. The van der Waals surface area contributed by atoms with Crippen molar-refractivity contribution in [1.82, 2.24) is 15.0 Å². The van der Waals surface area contributed by atoms with Crippen LogP contribution in [0.2, 0.25) is 0 Å². The van der Waals surface area contributed by atoms with Gasteiger partial charge in [-0.25, -0.2) is 4.98 Å². The standard InChI is InChI=1S/C15H10N4O2S/c20-14-7-21-13-2-1-9(5-10(13)18-14)12-8-22-15(19-12)11-6-16-3-4-17-11/h1-6,8H,7H2,(H,18,20). The SMILES string of the molecule is O=C1COc2ccc(-c3csc(-c4cnccn4)n3)cc2N1. The molecule has 0 saturated heterocycles. The van der Waals surface area contributed by atoms with Gasteiger partial charge in [0.25, 0.3) is 5.91 Å². The van der Waals surface area contributed by atoms with Crippen LogP contribution in [0.4, 0.5) is 5.69 Å². The first kappa shape index (κ1) is 12.9. The van der Waals surface area contributed by atoms with Gasteiger partial charge in [0.05, 0.1) is 17.6 Å². The van der Waals surface area contributed by atoms with Gasteiger partial charge in [-0.3, -0.25) is 14.8 Å². The Balaban J connectivity index is 1.70. The van der Waals surface area contributed by atoms with Crippen LogP contribution >= 0.6 is 11.3 Å². The van der Waals surface area contributed by atoms with Gasteiger partial charge in [-0.05, 0) is 18.2 Å². The number of amides is 1. The molecule has 7 heteroatoms. The minimum absolute atomic E-state index is 0.0554. The summed E-state index contributed by atoms with van der Waals surface area (Å²) in [5.41, 5.74) is 3.15. The highest BCUT2D eigenvalue weighted by atomic mass is 32.1. The van der Waals surface area contributed by atoms with Crippen molar-refractivity contribution < 1.29 is 9.53 Å². The Kier molecular flexibility index (Phi) is 3.05. The van der Waals surface area contributed by atoms with E-state index in [0.717, 1.165) is 22.0 Å². The summed E-state index contributed by atoms with van der Waals surface area (Å²) in [7, 11) is 0. The number of ether oxygens (including phenoxy) is 1. The van der Waals surface area contributed by atoms with Crippen molar-refractivity contribution in [2.75, 3.05) is 11.9 Å². The van der Waals surface area contributed by atoms with Gasteiger partial charge in [0.2, 0.25) is 0 Å². The van der Waals surface area contributed by atoms with Gasteiger partial charge in [0.1, 0.15) is 16.5 Å². The molecule has 1 aliphatic heterocycles. The van der Waals surface area contributed by atoms with E-state index in [1.54, 1.807) is 18.6 Å². The maximum atomic E-state index is 11.4. The minimum Gasteiger partial charge on any atom is -0.482 e. The number of hydrogen-bond acceptors (Lipinski definition) is 6. The Labute approximate surface area is 129 Å². The van der Waals surface area contributed by atoms with Crippen molar-refractivity contribution in [3.05, 3.63) is 42.2 Å². The summed E-state index contributed by atoms with van der Waals surface area (Å²) < 4.78 is 5.35. The summed E-state index contributed by atoms with van der Waals surface area (Å²) in [4.78, 5) is 24.3. The fourth-order valence-electron chi connectivity index (χ4n) is 2.18. The molecule has 0 fully saturated rings. The number of nitrogens with zero attached hydrogens (tertiary/aromatic N) is 3. The van der Waals surface area contributed by atoms with E-state index in [0.29, 0.717) is 11.4 Å². The van der Waals surface area contributed by atoms with E-state index in [1.165, 1.54) is 11.3 Å². The van der Waals surface area contributed by atoms with E-state index < -0.39 is 0 Å². The lowest BCUT2D eigenvalue weighted by atomic mass is 10.1. The van der Waals surface area contributed by atoms with E-state index in [2.05, 4.69) is 20.3 Å². The van der Waals surface area contributed by atoms with Crippen LogP contribution in [0.25, 0.3) is 22.0 Å². The number of carbonyl (C=O) groups excluding carboxylic acids is 1. The summed E-state index contributed by atoms with van der Waals surface area (Å²) >= 11 is 1.50. The topological polar surface area (TPSA) is 77.0 Å².